The minimum atomic E-state index is -0.206. The lowest BCUT2D eigenvalue weighted by Gasteiger charge is -2.02. The first-order valence-corrected chi connectivity index (χ1v) is 8.26. The Morgan fingerprint density at radius 3 is 2.88 bits per heavy atom. The van der Waals surface area contributed by atoms with Gasteiger partial charge in [-0.15, -0.1) is 0 Å². The lowest BCUT2D eigenvalue weighted by molar-refractivity contribution is -0.120. The molecule has 25 heavy (non-hydrogen) atoms. The van der Waals surface area contributed by atoms with E-state index in [1.807, 2.05) is 29.9 Å². The molecule has 3 rings (SSSR count). The van der Waals surface area contributed by atoms with Crippen molar-refractivity contribution in [2.24, 2.45) is 12.1 Å². The number of benzene rings is 1. The standard InChI is InChI=1S/C18H15Cl2N3O2/c1-23-8-2-3-13(23)10-18(24)22-21-11-14-5-7-17(25-14)15-9-12(19)4-6-16(15)20/h2-9,11H,10H2,1H3,(H,22,24)/b21-11+. The van der Waals surface area contributed by atoms with Gasteiger partial charge >= 0.3 is 0 Å². The van der Waals surface area contributed by atoms with Gasteiger partial charge in [-0.25, -0.2) is 5.43 Å². The second-order valence-electron chi connectivity index (χ2n) is 5.41. The van der Waals surface area contributed by atoms with Crippen molar-refractivity contribution in [1.29, 1.82) is 0 Å². The van der Waals surface area contributed by atoms with Crippen LogP contribution in [0.25, 0.3) is 11.3 Å². The van der Waals surface area contributed by atoms with Crippen LogP contribution in [0, 0.1) is 0 Å². The zero-order valence-electron chi connectivity index (χ0n) is 13.4. The summed E-state index contributed by atoms with van der Waals surface area (Å²) in [6.45, 7) is 0. The van der Waals surface area contributed by atoms with E-state index >= 15 is 0 Å². The maximum absolute atomic E-state index is 11.9. The number of rotatable bonds is 5. The molecule has 0 aliphatic heterocycles. The Hall–Kier alpha value is -2.50. The summed E-state index contributed by atoms with van der Waals surface area (Å²) in [6.07, 6.45) is 3.57. The summed E-state index contributed by atoms with van der Waals surface area (Å²) in [7, 11) is 1.89. The lowest BCUT2D eigenvalue weighted by atomic mass is 10.2. The van der Waals surface area contributed by atoms with Crippen molar-refractivity contribution in [2.45, 2.75) is 6.42 Å². The first-order valence-electron chi connectivity index (χ1n) is 7.50. The molecule has 3 aromatic rings. The highest BCUT2D eigenvalue weighted by Gasteiger charge is 2.09. The zero-order chi connectivity index (χ0) is 17.8. The monoisotopic (exact) mass is 375 g/mol. The van der Waals surface area contributed by atoms with Crippen molar-refractivity contribution < 1.29 is 9.21 Å². The molecule has 0 spiro atoms. The summed E-state index contributed by atoms with van der Waals surface area (Å²) in [6, 6.07) is 12.4. The second kappa shape index (κ2) is 7.59. The molecule has 0 bridgehead atoms. The van der Waals surface area contributed by atoms with E-state index in [9.17, 15) is 4.79 Å². The van der Waals surface area contributed by atoms with E-state index in [2.05, 4.69) is 10.5 Å². The van der Waals surface area contributed by atoms with Gasteiger partial charge < -0.3 is 8.98 Å². The van der Waals surface area contributed by atoms with Crippen LogP contribution < -0.4 is 5.43 Å². The van der Waals surface area contributed by atoms with Crippen molar-refractivity contribution in [3.63, 3.8) is 0 Å². The van der Waals surface area contributed by atoms with Crippen LogP contribution in [0.1, 0.15) is 11.5 Å². The molecule has 2 heterocycles. The van der Waals surface area contributed by atoms with E-state index in [0.29, 0.717) is 27.1 Å². The van der Waals surface area contributed by atoms with Crippen LogP contribution in [0.2, 0.25) is 10.0 Å². The maximum atomic E-state index is 11.9. The molecule has 5 nitrogen and oxygen atoms in total. The molecule has 0 radical (unpaired) electrons. The van der Waals surface area contributed by atoms with Gasteiger partial charge in [0.25, 0.3) is 0 Å². The Morgan fingerprint density at radius 2 is 2.12 bits per heavy atom. The maximum Gasteiger partial charge on any atom is 0.245 e. The molecule has 0 fully saturated rings. The van der Waals surface area contributed by atoms with Crippen LogP contribution in [0.4, 0.5) is 0 Å². The smallest absolute Gasteiger partial charge is 0.245 e. The Balaban J connectivity index is 1.63. The van der Waals surface area contributed by atoms with E-state index in [4.69, 9.17) is 27.6 Å². The number of furan rings is 1. The summed E-state index contributed by atoms with van der Waals surface area (Å²) in [5.74, 6) is 0.858. The Labute approximate surface area is 154 Å². The number of carbonyl (C=O) groups excluding carboxylic acids is 1. The zero-order valence-corrected chi connectivity index (χ0v) is 14.9. The van der Waals surface area contributed by atoms with Gasteiger partial charge in [-0.3, -0.25) is 4.79 Å². The van der Waals surface area contributed by atoms with Gasteiger partial charge in [-0.05, 0) is 42.5 Å². The number of hydrogen-bond donors (Lipinski definition) is 1. The molecular formula is C18H15Cl2N3O2. The molecule has 0 aliphatic carbocycles. The molecule has 0 unspecified atom stereocenters. The summed E-state index contributed by atoms with van der Waals surface area (Å²) < 4.78 is 7.55. The highest BCUT2D eigenvalue weighted by molar-refractivity contribution is 6.35. The molecule has 2 aromatic heterocycles. The predicted octanol–water partition coefficient (Wildman–Crippen LogP) is 4.28. The SMILES string of the molecule is Cn1cccc1CC(=O)N/N=C/c1ccc(-c2cc(Cl)ccc2Cl)o1. The van der Waals surface area contributed by atoms with Crippen LogP contribution in [0.15, 0.2) is 58.2 Å². The van der Waals surface area contributed by atoms with Gasteiger partial charge in [0.1, 0.15) is 11.5 Å². The lowest BCUT2D eigenvalue weighted by Crippen LogP contribution is -2.20. The van der Waals surface area contributed by atoms with Crippen LogP contribution in [-0.2, 0) is 18.3 Å². The van der Waals surface area contributed by atoms with Crippen LogP contribution >= 0.6 is 23.2 Å². The molecule has 1 N–H and O–H groups in total. The Kier molecular flexibility index (Phi) is 5.26. The highest BCUT2D eigenvalue weighted by atomic mass is 35.5. The van der Waals surface area contributed by atoms with Crippen molar-refractivity contribution in [3.05, 3.63) is 70.2 Å². The summed E-state index contributed by atoms with van der Waals surface area (Å²) in [5, 5.41) is 5.02. The van der Waals surface area contributed by atoms with Crippen molar-refractivity contribution >= 4 is 35.3 Å². The van der Waals surface area contributed by atoms with Gasteiger partial charge in [-0.2, -0.15) is 5.10 Å². The van der Waals surface area contributed by atoms with Crippen LogP contribution in [0.5, 0.6) is 0 Å². The number of hydrogen-bond acceptors (Lipinski definition) is 3. The predicted molar refractivity (Wildman–Crippen MR) is 99.0 cm³/mol. The topological polar surface area (TPSA) is 59.5 Å². The van der Waals surface area contributed by atoms with Crippen LogP contribution in [0.3, 0.4) is 0 Å². The number of aromatic nitrogens is 1. The van der Waals surface area contributed by atoms with E-state index in [1.165, 1.54) is 6.21 Å². The molecule has 0 atom stereocenters. The Bertz CT molecular complexity index is 928. The van der Waals surface area contributed by atoms with Crippen molar-refractivity contribution in [1.82, 2.24) is 9.99 Å². The summed E-state index contributed by atoms with van der Waals surface area (Å²) in [4.78, 5) is 11.9. The molecule has 0 saturated carbocycles. The first kappa shape index (κ1) is 17.3. The Morgan fingerprint density at radius 1 is 1.28 bits per heavy atom. The number of carbonyl (C=O) groups is 1. The normalized spacial score (nSPS) is 11.2. The van der Waals surface area contributed by atoms with E-state index in [1.54, 1.807) is 30.3 Å². The number of aryl methyl sites for hydroxylation is 1. The third-order valence-corrected chi connectivity index (χ3v) is 4.16. The minimum absolute atomic E-state index is 0.206. The second-order valence-corrected chi connectivity index (χ2v) is 6.25. The highest BCUT2D eigenvalue weighted by Crippen LogP contribution is 2.31. The fourth-order valence-electron chi connectivity index (χ4n) is 2.31. The van der Waals surface area contributed by atoms with E-state index in [-0.39, 0.29) is 12.3 Å². The average molecular weight is 376 g/mol. The van der Waals surface area contributed by atoms with Gasteiger partial charge in [0.2, 0.25) is 5.91 Å². The van der Waals surface area contributed by atoms with Crippen LogP contribution in [-0.4, -0.2) is 16.7 Å². The quantitative estimate of drug-likeness (QED) is 0.534. The average Bonchev–Trinajstić information content (AvgIpc) is 3.20. The number of halogens is 2. The summed E-state index contributed by atoms with van der Waals surface area (Å²) in [5.41, 5.74) is 4.08. The van der Waals surface area contributed by atoms with E-state index < -0.39 is 0 Å². The summed E-state index contributed by atoms with van der Waals surface area (Å²) >= 11 is 12.1. The van der Waals surface area contributed by atoms with Gasteiger partial charge in [-0.1, -0.05) is 23.2 Å². The molecule has 0 aliphatic rings. The molecule has 128 valence electrons. The van der Waals surface area contributed by atoms with Gasteiger partial charge in [0, 0.05) is 29.5 Å². The molecule has 0 saturated heterocycles. The fraction of sp³-hybridized carbons (Fsp3) is 0.111. The minimum Gasteiger partial charge on any atom is -0.455 e. The molecule has 1 aromatic carbocycles. The van der Waals surface area contributed by atoms with Gasteiger partial charge in [0.05, 0.1) is 17.7 Å². The first-order chi connectivity index (χ1) is 12.0. The third kappa shape index (κ3) is 4.32. The molecule has 7 heteroatoms. The van der Waals surface area contributed by atoms with E-state index in [0.717, 1.165) is 5.69 Å². The third-order valence-electron chi connectivity index (χ3n) is 3.59. The number of hydrazone groups is 1. The molecular weight excluding hydrogens is 361 g/mol. The fourth-order valence-corrected chi connectivity index (χ4v) is 2.69. The van der Waals surface area contributed by atoms with Crippen molar-refractivity contribution in [3.8, 4) is 11.3 Å². The molecule has 1 amide bonds. The largest absolute Gasteiger partial charge is 0.455 e. The van der Waals surface area contributed by atoms with Crippen molar-refractivity contribution in [2.75, 3.05) is 0 Å². The number of amides is 1. The van der Waals surface area contributed by atoms with Gasteiger partial charge in [0.15, 0.2) is 0 Å². The number of nitrogens with zero attached hydrogens (tertiary/aromatic N) is 2. The number of nitrogens with one attached hydrogen (secondary N) is 1.